The van der Waals surface area contributed by atoms with Crippen molar-refractivity contribution in [2.24, 2.45) is 0 Å². The van der Waals surface area contributed by atoms with Gasteiger partial charge in [-0.15, -0.1) is 12.4 Å². The van der Waals surface area contributed by atoms with Crippen LogP contribution in [0.5, 0.6) is 0 Å². The molecular weight excluding hydrogens is 255 g/mol. The Kier molecular flexibility index (Phi) is 3.51. The quantitative estimate of drug-likeness (QED) is 0.818. The lowest BCUT2D eigenvalue weighted by atomic mass is 10.1. The first-order valence-electron chi connectivity index (χ1n) is 4.00. The van der Waals surface area contributed by atoms with Crippen LogP contribution >= 0.6 is 24.0 Å². The van der Waals surface area contributed by atoms with Crippen LogP contribution in [0.3, 0.4) is 0 Å². The van der Waals surface area contributed by atoms with Crippen LogP contribution in [0, 0.1) is 0 Å². The Hall–Kier alpha value is -1.59. The third kappa shape index (κ3) is 2.00. The fourth-order valence-corrected chi connectivity index (χ4v) is 1.50. The third-order valence-corrected chi connectivity index (χ3v) is 2.27. The zero-order valence-corrected chi connectivity index (χ0v) is 9.30. The van der Waals surface area contributed by atoms with E-state index in [2.05, 4.69) is 9.97 Å². The van der Waals surface area contributed by atoms with Crippen molar-refractivity contribution in [2.75, 3.05) is 0 Å². The van der Waals surface area contributed by atoms with Crippen molar-refractivity contribution in [1.29, 1.82) is 0 Å². The number of halogens is 2. The van der Waals surface area contributed by atoms with Gasteiger partial charge in [0, 0.05) is 0 Å². The number of hydrogen-bond donors (Lipinski definition) is 2. The zero-order valence-electron chi connectivity index (χ0n) is 7.73. The molecule has 0 amide bonds. The normalized spacial score (nSPS) is 9.81. The fourth-order valence-electron chi connectivity index (χ4n) is 1.25. The Morgan fingerprint density at radius 2 is 2.12 bits per heavy atom. The summed E-state index contributed by atoms with van der Waals surface area (Å²) < 4.78 is 0. The average molecular weight is 261 g/mol. The lowest BCUT2D eigenvalue weighted by molar-refractivity contribution is 0.0697. The number of rotatable bonds is 1. The van der Waals surface area contributed by atoms with Crippen LogP contribution in [0.1, 0.15) is 10.4 Å². The van der Waals surface area contributed by atoms with E-state index in [1.54, 1.807) is 0 Å². The van der Waals surface area contributed by atoms with E-state index in [1.807, 2.05) is 0 Å². The van der Waals surface area contributed by atoms with Crippen molar-refractivity contribution in [3.8, 4) is 0 Å². The molecule has 0 unspecified atom stereocenters. The SMILES string of the molecule is Cl.O=C(O)c1cc2nc[nH]c(=O)c2cc1Cl. The predicted octanol–water partition coefficient (Wildman–Crippen LogP) is 1.70. The van der Waals surface area contributed by atoms with Crippen LogP contribution in [0.15, 0.2) is 23.3 Å². The Balaban J connectivity index is 0.00000128. The maximum Gasteiger partial charge on any atom is 0.337 e. The Morgan fingerprint density at radius 3 is 2.75 bits per heavy atom. The maximum atomic E-state index is 11.3. The molecule has 0 saturated heterocycles. The minimum absolute atomic E-state index is 0. The van der Waals surface area contributed by atoms with Crippen LogP contribution in [0.2, 0.25) is 5.02 Å². The van der Waals surface area contributed by atoms with Crippen molar-refractivity contribution < 1.29 is 9.90 Å². The topological polar surface area (TPSA) is 83.0 Å². The highest BCUT2D eigenvalue weighted by molar-refractivity contribution is 6.34. The molecule has 0 atom stereocenters. The monoisotopic (exact) mass is 260 g/mol. The van der Waals surface area contributed by atoms with Crippen molar-refractivity contribution in [3.63, 3.8) is 0 Å². The third-order valence-electron chi connectivity index (χ3n) is 1.96. The van der Waals surface area contributed by atoms with Crippen LogP contribution < -0.4 is 5.56 Å². The van der Waals surface area contributed by atoms with E-state index in [-0.39, 0.29) is 33.9 Å². The number of nitrogens with one attached hydrogen (secondary N) is 1. The highest BCUT2D eigenvalue weighted by Gasteiger charge is 2.11. The van der Waals surface area contributed by atoms with Gasteiger partial charge in [0.05, 0.1) is 27.8 Å². The molecule has 0 spiro atoms. The van der Waals surface area contributed by atoms with Gasteiger partial charge >= 0.3 is 5.97 Å². The van der Waals surface area contributed by atoms with E-state index in [0.717, 1.165) is 0 Å². The summed E-state index contributed by atoms with van der Waals surface area (Å²) in [5.41, 5.74) is -0.110. The molecule has 2 N–H and O–H groups in total. The van der Waals surface area contributed by atoms with Gasteiger partial charge in [0.15, 0.2) is 0 Å². The fraction of sp³-hybridized carbons (Fsp3) is 0. The van der Waals surface area contributed by atoms with Gasteiger partial charge < -0.3 is 10.1 Å². The van der Waals surface area contributed by atoms with Crippen molar-refractivity contribution >= 4 is 40.9 Å². The predicted molar refractivity (Wildman–Crippen MR) is 61.6 cm³/mol. The lowest BCUT2D eigenvalue weighted by Crippen LogP contribution is -2.07. The first-order valence-corrected chi connectivity index (χ1v) is 4.37. The number of hydrogen-bond acceptors (Lipinski definition) is 3. The van der Waals surface area contributed by atoms with Gasteiger partial charge in [-0.2, -0.15) is 0 Å². The Morgan fingerprint density at radius 1 is 1.44 bits per heavy atom. The van der Waals surface area contributed by atoms with Gasteiger partial charge in [-0.25, -0.2) is 9.78 Å². The molecule has 0 aliphatic carbocycles. The molecule has 1 aromatic heterocycles. The highest BCUT2D eigenvalue weighted by Crippen LogP contribution is 2.20. The Bertz CT molecular complexity index is 609. The van der Waals surface area contributed by atoms with E-state index in [1.165, 1.54) is 18.5 Å². The molecule has 5 nitrogen and oxygen atoms in total. The number of carboxylic acid groups (broad SMARTS) is 1. The van der Waals surface area contributed by atoms with E-state index in [4.69, 9.17) is 16.7 Å². The van der Waals surface area contributed by atoms with Crippen molar-refractivity contribution in [3.05, 3.63) is 39.4 Å². The zero-order chi connectivity index (χ0) is 11.0. The number of carboxylic acids is 1. The molecule has 2 aromatic rings. The van der Waals surface area contributed by atoms with E-state index in [0.29, 0.717) is 5.52 Å². The summed E-state index contributed by atoms with van der Waals surface area (Å²) in [5.74, 6) is -1.15. The first-order chi connectivity index (χ1) is 7.09. The van der Waals surface area contributed by atoms with Gasteiger partial charge in [0.2, 0.25) is 0 Å². The largest absolute Gasteiger partial charge is 0.478 e. The summed E-state index contributed by atoms with van der Waals surface area (Å²) in [5, 5.41) is 9.09. The van der Waals surface area contributed by atoms with Crippen LogP contribution in [-0.2, 0) is 0 Å². The van der Waals surface area contributed by atoms with E-state index in [9.17, 15) is 9.59 Å². The first kappa shape index (κ1) is 12.5. The van der Waals surface area contributed by atoms with Crippen molar-refractivity contribution in [1.82, 2.24) is 9.97 Å². The standard InChI is InChI=1S/C9H5ClN2O3.ClH/c10-6-1-5-7(2-4(6)9(14)15)11-3-12-8(5)13;/h1-3H,(H,14,15)(H,11,12,13);1H. The number of aromatic carboxylic acids is 1. The summed E-state index contributed by atoms with van der Waals surface area (Å²) in [6, 6.07) is 2.57. The van der Waals surface area contributed by atoms with Crippen LogP contribution in [-0.4, -0.2) is 21.0 Å². The number of benzene rings is 1. The summed E-state index contributed by atoms with van der Waals surface area (Å²) in [7, 11) is 0. The lowest BCUT2D eigenvalue weighted by Gasteiger charge is -2.00. The maximum absolute atomic E-state index is 11.3. The second-order valence-electron chi connectivity index (χ2n) is 2.89. The summed E-state index contributed by atoms with van der Waals surface area (Å²) in [6.45, 7) is 0. The molecule has 1 aromatic carbocycles. The molecule has 0 fully saturated rings. The number of aromatic nitrogens is 2. The average Bonchev–Trinajstić information content (AvgIpc) is 2.18. The van der Waals surface area contributed by atoms with Gasteiger partial charge in [0.1, 0.15) is 0 Å². The molecule has 0 saturated carbocycles. The minimum atomic E-state index is -1.15. The van der Waals surface area contributed by atoms with Gasteiger partial charge in [-0.3, -0.25) is 4.79 Å². The van der Waals surface area contributed by atoms with Gasteiger partial charge in [-0.1, -0.05) is 11.6 Å². The smallest absolute Gasteiger partial charge is 0.337 e. The molecular formula is C9H6Cl2N2O3. The summed E-state index contributed by atoms with van der Waals surface area (Å²) in [6.07, 6.45) is 1.21. The van der Waals surface area contributed by atoms with E-state index < -0.39 is 5.97 Å². The van der Waals surface area contributed by atoms with Crippen LogP contribution in [0.25, 0.3) is 10.9 Å². The summed E-state index contributed by atoms with van der Waals surface area (Å²) in [4.78, 5) is 28.3. The van der Waals surface area contributed by atoms with Crippen LogP contribution in [0.4, 0.5) is 0 Å². The summed E-state index contributed by atoms with van der Waals surface area (Å²) >= 11 is 5.71. The number of nitrogens with zero attached hydrogens (tertiary/aromatic N) is 1. The second kappa shape index (κ2) is 4.51. The number of H-pyrrole nitrogens is 1. The number of carbonyl (C=O) groups is 1. The molecule has 2 rings (SSSR count). The molecule has 0 aliphatic rings. The molecule has 0 aliphatic heterocycles. The molecule has 0 bridgehead atoms. The second-order valence-corrected chi connectivity index (χ2v) is 3.29. The Labute approximate surface area is 100 Å². The molecule has 84 valence electrons. The number of fused-ring (bicyclic) bond motifs is 1. The molecule has 0 radical (unpaired) electrons. The minimum Gasteiger partial charge on any atom is -0.478 e. The highest BCUT2D eigenvalue weighted by atomic mass is 35.5. The van der Waals surface area contributed by atoms with Crippen molar-refractivity contribution in [2.45, 2.75) is 0 Å². The van der Waals surface area contributed by atoms with Gasteiger partial charge in [-0.05, 0) is 12.1 Å². The molecule has 16 heavy (non-hydrogen) atoms. The van der Waals surface area contributed by atoms with Gasteiger partial charge in [0.25, 0.3) is 5.56 Å². The number of aromatic amines is 1. The molecule has 7 heteroatoms. The van der Waals surface area contributed by atoms with E-state index >= 15 is 0 Å². The molecule has 1 heterocycles.